The van der Waals surface area contributed by atoms with Gasteiger partial charge in [0.2, 0.25) is 0 Å². The molecular weight excluding hydrogens is 254 g/mol. The minimum atomic E-state index is 0.153. The quantitative estimate of drug-likeness (QED) is 0.728. The Morgan fingerprint density at radius 3 is 2.80 bits per heavy atom. The second-order valence-corrected chi connectivity index (χ2v) is 4.84. The molecule has 2 rings (SSSR count). The molecule has 3 heteroatoms. The third kappa shape index (κ3) is 1.97. The summed E-state index contributed by atoms with van der Waals surface area (Å²) in [7, 11) is 3.86. The van der Waals surface area contributed by atoms with Crippen molar-refractivity contribution in [2.24, 2.45) is 0 Å². The SMILES string of the molecule is CN(C)/C=C1/Cc2ccc(Br)cc2C1=O. The summed E-state index contributed by atoms with van der Waals surface area (Å²) in [6.45, 7) is 0. The van der Waals surface area contributed by atoms with Crippen LogP contribution in [0.25, 0.3) is 0 Å². The van der Waals surface area contributed by atoms with E-state index in [1.54, 1.807) is 0 Å². The van der Waals surface area contributed by atoms with E-state index in [0.29, 0.717) is 0 Å². The number of hydrogen-bond donors (Lipinski definition) is 0. The van der Waals surface area contributed by atoms with E-state index in [1.165, 1.54) is 0 Å². The number of Topliss-reactive ketones (excluding diaryl/α,β-unsaturated/α-hetero) is 1. The second-order valence-electron chi connectivity index (χ2n) is 3.93. The summed E-state index contributed by atoms with van der Waals surface area (Å²) in [6, 6.07) is 5.88. The molecule has 0 fully saturated rings. The minimum Gasteiger partial charge on any atom is -0.383 e. The predicted octanol–water partition coefficient (Wildman–Crippen LogP) is 2.63. The Bertz CT molecular complexity index is 449. The van der Waals surface area contributed by atoms with Crippen LogP contribution >= 0.6 is 15.9 Å². The summed E-state index contributed by atoms with van der Waals surface area (Å²) < 4.78 is 0.959. The van der Waals surface area contributed by atoms with Crippen molar-refractivity contribution in [1.29, 1.82) is 0 Å². The lowest BCUT2D eigenvalue weighted by Crippen LogP contribution is -2.06. The van der Waals surface area contributed by atoms with Crippen LogP contribution in [0, 0.1) is 0 Å². The van der Waals surface area contributed by atoms with Crippen LogP contribution in [0.5, 0.6) is 0 Å². The highest BCUT2D eigenvalue weighted by Gasteiger charge is 2.24. The average molecular weight is 266 g/mol. The summed E-state index contributed by atoms with van der Waals surface area (Å²) in [5.74, 6) is 0.153. The molecule has 0 aliphatic heterocycles. The molecule has 78 valence electrons. The molecule has 0 radical (unpaired) electrons. The molecule has 0 spiro atoms. The van der Waals surface area contributed by atoms with E-state index in [2.05, 4.69) is 15.9 Å². The fraction of sp³-hybridized carbons (Fsp3) is 0.250. The first kappa shape index (κ1) is 10.4. The highest BCUT2D eigenvalue weighted by atomic mass is 79.9. The Kier molecular flexibility index (Phi) is 2.65. The summed E-state index contributed by atoms with van der Waals surface area (Å²) in [6.07, 6.45) is 2.65. The van der Waals surface area contributed by atoms with Crippen LogP contribution in [-0.4, -0.2) is 24.8 Å². The highest BCUT2D eigenvalue weighted by Crippen LogP contribution is 2.28. The Hall–Kier alpha value is -1.09. The number of halogens is 1. The number of carbonyl (C=O) groups excluding carboxylic acids is 1. The van der Waals surface area contributed by atoms with Crippen molar-refractivity contribution in [3.63, 3.8) is 0 Å². The number of carbonyl (C=O) groups is 1. The Morgan fingerprint density at radius 2 is 2.13 bits per heavy atom. The molecule has 1 aromatic carbocycles. The number of benzene rings is 1. The molecule has 0 atom stereocenters. The normalized spacial score (nSPS) is 17.0. The van der Waals surface area contributed by atoms with Crippen molar-refractivity contribution in [1.82, 2.24) is 4.90 Å². The van der Waals surface area contributed by atoms with Gasteiger partial charge in [0.1, 0.15) is 0 Å². The topological polar surface area (TPSA) is 20.3 Å². The van der Waals surface area contributed by atoms with Crippen molar-refractivity contribution in [2.45, 2.75) is 6.42 Å². The number of fused-ring (bicyclic) bond motifs is 1. The fourth-order valence-corrected chi connectivity index (χ4v) is 2.15. The van der Waals surface area contributed by atoms with Gasteiger partial charge in [-0.3, -0.25) is 4.79 Å². The minimum absolute atomic E-state index is 0.153. The highest BCUT2D eigenvalue weighted by molar-refractivity contribution is 9.10. The van der Waals surface area contributed by atoms with Gasteiger partial charge in [-0.15, -0.1) is 0 Å². The monoisotopic (exact) mass is 265 g/mol. The summed E-state index contributed by atoms with van der Waals surface area (Å²) in [5, 5.41) is 0. The third-order valence-corrected chi connectivity index (χ3v) is 2.90. The molecule has 0 saturated heterocycles. The standard InChI is InChI=1S/C12H12BrNO/c1-14(2)7-9-5-8-3-4-10(13)6-11(8)12(9)15/h3-4,6-7H,5H2,1-2H3/b9-7-. The van der Waals surface area contributed by atoms with Gasteiger partial charge >= 0.3 is 0 Å². The summed E-state index contributed by atoms with van der Waals surface area (Å²) in [4.78, 5) is 13.9. The molecule has 15 heavy (non-hydrogen) atoms. The number of ketones is 1. The van der Waals surface area contributed by atoms with Gasteiger partial charge in [0.25, 0.3) is 0 Å². The Balaban J connectivity index is 2.42. The zero-order valence-corrected chi connectivity index (χ0v) is 10.3. The number of hydrogen-bond acceptors (Lipinski definition) is 2. The Labute approximate surface area is 97.7 Å². The van der Waals surface area contributed by atoms with Crippen LogP contribution in [0.2, 0.25) is 0 Å². The third-order valence-electron chi connectivity index (χ3n) is 2.40. The lowest BCUT2D eigenvalue weighted by molar-refractivity contribution is 0.103. The summed E-state index contributed by atoms with van der Waals surface area (Å²) >= 11 is 3.38. The van der Waals surface area contributed by atoms with Crippen molar-refractivity contribution in [3.05, 3.63) is 45.6 Å². The van der Waals surface area contributed by atoms with Crippen molar-refractivity contribution in [2.75, 3.05) is 14.1 Å². The zero-order valence-electron chi connectivity index (χ0n) is 8.75. The molecule has 2 nitrogen and oxygen atoms in total. The molecule has 1 aromatic rings. The molecule has 0 aromatic heterocycles. The molecule has 0 saturated carbocycles. The van der Waals surface area contributed by atoms with E-state index >= 15 is 0 Å². The van der Waals surface area contributed by atoms with E-state index in [4.69, 9.17) is 0 Å². The van der Waals surface area contributed by atoms with Crippen molar-refractivity contribution >= 4 is 21.7 Å². The molecule has 0 heterocycles. The van der Waals surface area contributed by atoms with E-state index in [-0.39, 0.29) is 5.78 Å². The Morgan fingerprint density at radius 1 is 1.40 bits per heavy atom. The van der Waals surface area contributed by atoms with Gasteiger partial charge in [0.05, 0.1) is 0 Å². The average Bonchev–Trinajstić information content (AvgIpc) is 2.44. The molecule has 1 aliphatic rings. The van der Waals surface area contributed by atoms with E-state index < -0.39 is 0 Å². The van der Waals surface area contributed by atoms with Gasteiger partial charge in [0.15, 0.2) is 5.78 Å². The lowest BCUT2D eigenvalue weighted by atomic mass is 10.1. The van der Waals surface area contributed by atoms with Crippen molar-refractivity contribution < 1.29 is 4.79 Å². The van der Waals surface area contributed by atoms with Gasteiger partial charge in [-0.2, -0.15) is 0 Å². The largest absolute Gasteiger partial charge is 0.383 e. The van der Waals surface area contributed by atoms with Gasteiger partial charge in [0, 0.05) is 42.3 Å². The van der Waals surface area contributed by atoms with Gasteiger partial charge in [-0.1, -0.05) is 22.0 Å². The maximum Gasteiger partial charge on any atom is 0.191 e. The predicted molar refractivity (Wildman–Crippen MR) is 63.9 cm³/mol. The van der Waals surface area contributed by atoms with Crippen LogP contribution < -0.4 is 0 Å². The molecule has 0 amide bonds. The number of allylic oxidation sites excluding steroid dienone is 1. The molecule has 0 N–H and O–H groups in total. The summed E-state index contributed by atoms with van der Waals surface area (Å²) in [5.41, 5.74) is 2.82. The van der Waals surface area contributed by atoms with Gasteiger partial charge in [-0.05, 0) is 17.7 Å². The first-order chi connectivity index (χ1) is 7.08. The van der Waals surface area contributed by atoms with Crippen molar-refractivity contribution in [3.8, 4) is 0 Å². The zero-order chi connectivity index (χ0) is 11.0. The van der Waals surface area contributed by atoms with Crippen LogP contribution in [-0.2, 0) is 6.42 Å². The smallest absolute Gasteiger partial charge is 0.191 e. The molecular formula is C12H12BrNO. The van der Waals surface area contributed by atoms with E-state index in [1.807, 2.05) is 43.4 Å². The van der Waals surface area contributed by atoms with Crippen LogP contribution in [0.1, 0.15) is 15.9 Å². The maximum absolute atomic E-state index is 12.0. The van der Waals surface area contributed by atoms with E-state index in [0.717, 1.165) is 27.6 Å². The maximum atomic E-state index is 12.0. The number of rotatable bonds is 1. The van der Waals surface area contributed by atoms with Gasteiger partial charge < -0.3 is 4.90 Å². The fourth-order valence-electron chi connectivity index (χ4n) is 1.79. The number of nitrogens with zero attached hydrogens (tertiary/aromatic N) is 1. The van der Waals surface area contributed by atoms with Gasteiger partial charge in [-0.25, -0.2) is 0 Å². The lowest BCUT2D eigenvalue weighted by Gasteiger charge is -2.05. The first-order valence-electron chi connectivity index (χ1n) is 4.78. The van der Waals surface area contributed by atoms with E-state index in [9.17, 15) is 4.79 Å². The van der Waals surface area contributed by atoms with Crippen LogP contribution in [0.15, 0.2) is 34.4 Å². The molecule has 0 bridgehead atoms. The second kappa shape index (κ2) is 3.81. The first-order valence-corrected chi connectivity index (χ1v) is 5.57. The molecule has 0 unspecified atom stereocenters. The van der Waals surface area contributed by atoms with Crippen LogP contribution in [0.4, 0.5) is 0 Å². The molecule has 1 aliphatic carbocycles. The van der Waals surface area contributed by atoms with Crippen LogP contribution in [0.3, 0.4) is 0 Å².